The number of hydrogen-bond donors (Lipinski definition) is 2. The van der Waals surface area contributed by atoms with Gasteiger partial charge >= 0.3 is 0 Å². The van der Waals surface area contributed by atoms with Crippen molar-refractivity contribution >= 4 is 58.6 Å². The largest absolute Gasteiger partial charge is 0.351 e. The van der Waals surface area contributed by atoms with E-state index in [1.807, 2.05) is 56.6 Å². The Labute approximate surface area is 184 Å². The van der Waals surface area contributed by atoms with E-state index in [2.05, 4.69) is 45.7 Å². The van der Waals surface area contributed by atoms with Crippen LogP contribution < -0.4 is 0 Å². The lowest BCUT2D eigenvalue weighted by Gasteiger charge is -2.18. The third-order valence-electron chi connectivity index (χ3n) is 4.08. The highest BCUT2D eigenvalue weighted by Crippen LogP contribution is 2.12. The number of amidine groups is 2. The molecule has 0 aromatic heterocycles. The van der Waals surface area contributed by atoms with E-state index in [0.29, 0.717) is 26.8 Å². The average molecular weight is 441 g/mol. The fraction of sp³-hybridized carbons (Fsp3) is 0.474. The van der Waals surface area contributed by atoms with Gasteiger partial charge in [-0.15, -0.1) is 40.6 Å². The molecule has 0 aliphatic heterocycles. The fourth-order valence-electron chi connectivity index (χ4n) is 2.35. The summed E-state index contributed by atoms with van der Waals surface area (Å²) in [5, 5.41) is 19.0. The second kappa shape index (κ2) is 12.9. The van der Waals surface area contributed by atoms with Crippen LogP contribution in [0.5, 0.6) is 0 Å². The van der Waals surface area contributed by atoms with Crippen molar-refractivity contribution in [2.75, 3.05) is 26.2 Å². The van der Waals surface area contributed by atoms with E-state index in [1.165, 1.54) is 0 Å². The van der Waals surface area contributed by atoms with Crippen LogP contribution >= 0.6 is 36.9 Å². The van der Waals surface area contributed by atoms with Crippen molar-refractivity contribution in [3.05, 3.63) is 34.9 Å². The van der Waals surface area contributed by atoms with Gasteiger partial charge in [0.2, 0.25) is 0 Å². The van der Waals surface area contributed by atoms with E-state index < -0.39 is 0 Å². The van der Waals surface area contributed by atoms with Crippen molar-refractivity contribution in [3.63, 3.8) is 0 Å². The molecule has 0 bridgehead atoms. The topological polar surface area (TPSA) is 55.9 Å². The number of benzene rings is 1. The Hall–Kier alpha value is -1.51. The molecule has 0 amide bonds. The minimum Gasteiger partial charge on any atom is -0.351 e. The van der Waals surface area contributed by atoms with Crippen molar-refractivity contribution in [2.45, 2.75) is 34.6 Å². The molecule has 6 nitrogen and oxygen atoms in total. The predicted molar refractivity (Wildman–Crippen MR) is 130 cm³/mol. The SMILES string of the molecule is CCN(CC)/C(S)=N/N=C(C)/C(=N/N=C(\S)N(CC)CC)c1ccc(Cl)cc1. The zero-order valence-electron chi connectivity index (χ0n) is 17.1. The number of nitrogens with zero attached hydrogens (tertiary/aromatic N) is 6. The molecule has 1 aromatic rings. The molecule has 0 radical (unpaired) electrons. The van der Waals surface area contributed by atoms with Gasteiger partial charge < -0.3 is 9.80 Å². The van der Waals surface area contributed by atoms with E-state index in [0.717, 1.165) is 31.7 Å². The average Bonchev–Trinajstić information content (AvgIpc) is 2.69. The first-order valence-electron chi connectivity index (χ1n) is 9.29. The second-order valence-corrected chi connectivity index (χ2v) is 7.02. The maximum Gasteiger partial charge on any atom is 0.182 e. The van der Waals surface area contributed by atoms with Crippen molar-refractivity contribution in [1.29, 1.82) is 0 Å². The zero-order chi connectivity index (χ0) is 21.1. The summed E-state index contributed by atoms with van der Waals surface area (Å²) in [4.78, 5) is 4.01. The lowest BCUT2D eigenvalue weighted by atomic mass is 10.1. The Morgan fingerprint density at radius 3 is 1.64 bits per heavy atom. The van der Waals surface area contributed by atoms with Crippen LogP contribution in [0.4, 0.5) is 0 Å². The number of halogens is 1. The van der Waals surface area contributed by atoms with Gasteiger partial charge in [-0.05, 0) is 46.8 Å². The summed E-state index contributed by atoms with van der Waals surface area (Å²) in [6.45, 7) is 13.2. The van der Waals surface area contributed by atoms with Crippen molar-refractivity contribution in [1.82, 2.24) is 9.80 Å². The zero-order valence-corrected chi connectivity index (χ0v) is 19.6. The molecular weight excluding hydrogens is 412 g/mol. The summed E-state index contributed by atoms with van der Waals surface area (Å²) >= 11 is 14.9. The second-order valence-electron chi connectivity index (χ2n) is 5.79. The van der Waals surface area contributed by atoms with E-state index >= 15 is 0 Å². The van der Waals surface area contributed by atoms with Gasteiger partial charge in [-0.25, -0.2) is 0 Å². The molecule has 0 unspecified atom stereocenters. The van der Waals surface area contributed by atoms with Crippen LogP contribution in [0.3, 0.4) is 0 Å². The van der Waals surface area contributed by atoms with Gasteiger partial charge in [0.25, 0.3) is 0 Å². The van der Waals surface area contributed by atoms with E-state index in [9.17, 15) is 0 Å². The summed E-state index contributed by atoms with van der Waals surface area (Å²) in [6.07, 6.45) is 0. The highest BCUT2D eigenvalue weighted by Gasteiger charge is 2.10. The van der Waals surface area contributed by atoms with Crippen LogP contribution in [0.15, 0.2) is 44.7 Å². The number of thiol groups is 2. The first-order chi connectivity index (χ1) is 13.4. The molecule has 0 aliphatic rings. The van der Waals surface area contributed by atoms with Crippen molar-refractivity contribution in [3.8, 4) is 0 Å². The molecule has 9 heteroatoms. The number of hydrogen-bond acceptors (Lipinski definition) is 4. The van der Waals surface area contributed by atoms with Gasteiger partial charge in [-0.3, -0.25) is 0 Å². The molecule has 0 spiro atoms. The highest BCUT2D eigenvalue weighted by molar-refractivity contribution is 7.97. The lowest BCUT2D eigenvalue weighted by molar-refractivity contribution is 0.473. The van der Waals surface area contributed by atoms with Crippen LogP contribution in [-0.2, 0) is 0 Å². The Morgan fingerprint density at radius 2 is 1.21 bits per heavy atom. The first kappa shape index (κ1) is 24.5. The van der Waals surface area contributed by atoms with E-state index in [1.54, 1.807) is 12.1 Å². The molecular formula is C19H29ClN6S2. The van der Waals surface area contributed by atoms with Crippen LogP contribution in [0, 0.1) is 0 Å². The summed E-state index contributed by atoms with van der Waals surface area (Å²) in [5.41, 5.74) is 2.05. The normalized spacial score (nSPS) is 13.7. The standard InChI is InChI=1S/C19H29ClN6S2/c1-6-25(7-2)18(27)23-21-14(5)17(15-10-12-16(20)13-11-15)22-24-19(28)26(8-3)9-4/h10-13H,6-9H2,1-5H3,(H,23,27)(H,24,28)/b21-14+,22-17-. The quantitative estimate of drug-likeness (QED) is 0.267. The third kappa shape index (κ3) is 7.48. The summed E-state index contributed by atoms with van der Waals surface area (Å²) in [5.74, 6) is 0. The smallest absolute Gasteiger partial charge is 0.182 e. The molecule has 0 aliphatic carbocycles. The van der Waals surface area contributed by atoms with Gasteiger partial charge in [-0.1, -0.05) is 23.7 Å². The van der Waals surface area contributed by atoms with Gasteiger partial charge in [0, 0.05) is 36.8 Å². The molecule has 0 N–H and O–H groups in total. The first-order valence-corrected chi connectivity index (χ1v) is 10.6. The van der Waals surface area contributed by atoms with E-state index in [4.69, 9.17) is 11.6 Å². The number of rotatable bonds is 8. The predicted octanol–water partition coefficient (Wildman–Crippen LogP) is 4.68. The Bertz CT molecular complexity index is 735. The molecule has 28 heavy (non-hydrogen) atoms. The van der Waals surface area contributed by atoms with Crippen LogP contribution in [-0.4, -0.2) is 57.7 Å². The van der Waals surface area contributed by atoms with Gasteiger partial charge in [0.1, 0.15) is 5.71 Å². The van der Waals surface area contributed by atoms with Gasteiger partial charge in [-0.2, -0.15) is 5.10 Å². The molecule has 1 rings (SSSR count). The van der Waals surface area contributed by atoms with Crippen LogP contribution in [0.25, 0.3) is 0 Å². The highest BCUT2D eigenvalue weighted by atomic mass is 35.5. The molecule has 0 heterocycles. The Morgan fingerprint density at radius 1 is 0.786 bits per heavy atom. The maximum atomic E-state index is 6.02. The minimum atomic E-state index is 0.547. The molecule has 0 fully saturated rings. The molecule has 0 saturated heterocycles. The fourth-order valence-corrected chi connectivity index (χ4v) is 3.13. The maximum absolute atomic E-state index is 6.02. The van der Waals surface area contributed by atoms with Crippen LogP contribution in [0.2, 0.25) is 5.02 Å². The summed E-state index contributed by atoms with van der Waals surface area (Å²) in [6, 6.07) is 7.36. The van der Waals surface area contributed by atoms with Gasteiger partial charge in [0.05, 0.1) is 5.71 Å². The molecule has 154 valence electrons. The van der Waals surface area contributed by atoms with Crippen molar-refractivity contribution < 1.29 is 0 Å². The van der Waals surface area contributed by atoms with Gasteiger partial charge in [0.15, 0.2) is 10.3 Å². The molecule has 1 aromatic carbocycles. The monoisotopic (exact) mass is 440 g/mol. The van der Waals surface area contributed by atoms with Crippen LogP contribution in [0.1, 0.15) is 40.2 Å². The molecule has 0 saturated carbocycles. The lowest BCUT2D eigenvalue weighted by Crippen LogP contribution is -2.27. The molecule has 0 atom stereocenters. The minimum absolute atomic E-state index is 0.547. The summed E-state index contributed by atoms with van der Waals surface area (Å²) < 4.78 is 0. The van der Waals surface area contributed by atoms with Crippen molar-refractivity contribution in [2.24, 2.45) is 20.4 Å². The Kier molecular flexibility index (Phi) is 11.3. The Balaban J connectivity index is 3.32. The third-order valence-corrected chi connectivity index (χ3v) is 5.08. The van der Waals surface area contributed by atoms with E-state index in [-0.39, 0.29) is 0 Å². The summed E-state index contributed by atoms with van der Waals surface area (Å²) in [7, 11) is 0.